The van der Waals surface area contributed by atoms with Gasteiger partial charge in [-0.3, -0.25) is 0 Å². The van der Waals surface area contributed by atoms with E-state index in [4.69, 9.17) is 0 Å². The fourth-order valence-corrected chi connectivity index (χ4v) is 2.49. The number of H-pyrrole nitrogens is 1. The molecule has 0 saturated heterocycles. The monoisotopic (exact) mass is 233 g/mol. The van der Waals surface area contributed by atoms with Crippen LogP contribution in [0.1, 0.15) is 11.6 Å². The topological polar surface area (TPSA) is 40.7 Å². The number of aromatic amines is 1. The summed E-state index contributed by atoms with van der Waals surface area (Å²) in [5.74, 6) is 0.966. The standard InChI is InChI=1S/C12H15N3S/c1-13-11(10-5-3-2-4-6-10)9-16-12-14-7-8-15-12/h2-8,11,13H,9H2,1H3,(H,14,15). The minimum Gasteiger partial charge on any atom is -0.340 e. The van der Waals surface area contributed by atoms with E-state index in [0.717, 1.165) is 10.9 Å². The summed E-state index contributed by atoms with van der Waals surface area (Å²) in [5, 5.41) is 4.29. The van der Waals surface area contributed by atoms with Crippen LogP contribution in [0.15, 0.2) is 47.9 Å². The highest BCUT2D eigenvalue weighted by Gasteiger charge is 2.09. The Morgan fingerprint density at radius 3 is 2.81 bits per heavy atom. The lowest BCUT2D eigenvalue weighted by molar-refractivity contribution is 0.661. The maximum absolute atomic E-state index is 4.20. The first kappa shape index (κ1) is 11.2. The van der Waals surface area contributed by atoms with Crippen molar-refractivity contribution in [2.45, 2.75) is 11.2 Å². The highest BCUT2D eigenvalue weighted by Crippen LogP contribution is 2.21. The van der Waals surface area contributed by atoms with Crippen LogP contribution in [-0.4, -0.2) is 22.8 Å². The lowest BCUT2D eigenvalue weighted by Gasteiger charge is -2.15. The number of thioether (sulfide) groups is 1. The highest BCUT2D eigenvalue weighted by atomic mass is 32.2. The second kappa shape index (κ2) is 5.72. The van der Waals surface area contributed by atoms with Crippen molar-refractivity contribution in [1.29, 1.82) is 0 Å². The molecule has 0 radical (unpaired) electrons. The summed E-state index contributed by atoms with van der Waals surface area (Å²) in [4.78, 5) is 7.29. The summed E-state index contributed by atoms with van der Waals surface area (Å²) in [6.07, 6.45) is 3.62. The molecular formula is C12H15N3S. The Bertz CT molecular complexity index is 399. The molecular weight excluding hydrogens is 218 g/mol. The number of rotatable bonds is 5. The predicted octanol–water partition coefficient (Wildman–Crippen LogP) is 2.46. The second-order valence-corrected chi connectivity index (χ2v) is 4.47. The fourth-order valence-electron chi connectivity index (χ4n) is 1.52. The molecule has 0 aliphatic heterocycles. The minimum absolute atomic E-state index is 0.358. The van der Waals surface area contributed by atoms with Gasteiger partial charge in [0.2, 0.25) is 0 Å². The van der Waals surface area contributed by atoms with Gasteiger partial charge in [0.05, 0.1) is 0 Å². The molecule has 1 unspecified atom stereocenters. The molecule has 0 fully saturated rings. The van der Waals surface area contributed by atoms with E-state index in [-0.39, 0.29) is 0 Å². The van der Waals surface area contributed by atoms with E-state index in [2.05, 4.69) is 39.6 Å². The van der Waals surface area contributed by atoms with Crippen molar-refractivity contribution in [2.75, 3.05) is 12.8 Å². The molecule has 0 amide bonds. The summed E-state index contributed by atoms with van der Waals surface area (Å²) < 4.78 is 0. The Morgan fingerprint density at radius 1 is 1.38 bits per heavy atom. The third kappa shape index (κ3) is 2.87. The van der Waals surface area contributed by atoms with Crippen LogP contribution in [0.25, 0.3) is 0 Å². The average molecular weight is 233 g/mol. The lowest BCUT2D eigenvalue weighted by Crippen LogP contribution is -2.18. The van der Waals surface area contributed by atoms with Gasteiger partial charge in [0.25, 0.3) is 0 Å². The van der Waals surface area contributed by atoms with Crippen LogP contribution in [0.5, 0.6) is 0 Å². The van der Waals surface area contributed by atoms with E-state index in [1.54, 1.807) is 18.0 Å². The van der Waals surface area contributed by atoms with E-state index < -0.39 is 0 Å². The molecule has 1 atom stereocenters. The van der Waals surface area contributed by atoms with Crippen molar-refractivity contribution in [3.8, 4) is 0 Å². The largest absolute Gasteiger partial charge is 0.340 e. The number of aromatic nitrogens is 2. The molecule has 3 nitrogen and oxygen atoms in total. The van der Waals surface area contributed by atoms with Gasteiger partial charge < -0.3 is 10.3 Å². The van der Waals surface area contributed by atoms with Gasteiger partial charge in [-0.05, 0) is 12.6 Å². The summed E-state index contributed by atoms with van der Waals surface area (Å²) in [7, 11) is 1.99. The van der Waals surface area contributed by atoms with E-state index >= 15 is 0 Å². The molecule has 16 heavy (non-hydrogen) atoms. The molecule has 0 aliphatic carbocycles. The number of hydrogen-bond donors (Lipinski definition) is 2. The summed E-state index contributed by atoms with van der Waals surface area (Å²) in [6, 6.07) is 10.8. The van der Waals surface area contributed by atoms with Crippen LogP contribution in [0, 0.1) is 0 Å². The van der Waals surface area contributed by atoms with Crippen molar-refractivity contribution >= 4 is 11.8 Å². The van der Waals surface area contributed by atoms with Crippen molar-refractivity contribution in [1.82, 2.24) is 15.3 Å². The van der Waals surface area contributed by atoms with Gasteiger partial charge in [-0.25, -0.2) is 4.98 Å². The van der Waals surface area contributed by atoms with Crippen molar-refractivity contribution in [3.63, 3.8) is 0 Å². The summed E-state index contributed by atoms with van der Waals surface area (Å²) >= 11 is 1.73. The number of nitrogens with one attached hydrogen (secondary N) is 2. The number of imidazole rings is 1. The Morgan fingerprint density at radius 2 is 2.19 bits per heavy atom. The minimum atomic E-state index is 0.358. The van der Waals surface area contributed by atoms with Gasteiger partial charge in [-0.2, -0.15) is 0 Å². The van der Waals surface area contributed by atoms with Crippen molar-refractivity contribution in [2.24, 2.45) is 0 Å². The van der Waals surface area contributed by atoms with Crippen LogP contribution in [0.2, 0.25) is 0 Å². The first-order chi connectivity index (χ1) is 7.90. The molecule has 2 rings (SSSR count). The molecule has 0 spiro atoms. The lowest BCUT2D eigenvalue weighted by atomic mass is 10.1. The van der Waals surface area contributed by atoms with Gasteiger partial charge in [0, 0.05) is 24.2 Å². The molecule has 1 aromatic heterocycles. The summed E-state index contributed by atoms with van der Waals surface area (Å²) in [5.41, 5.74) is 1.31. The smallest absolute Gasteiger partial charge is 0.165 e. The Kier molecular flexibility index (Phi) is 4.02. The van der Waals surface area contributed by atoms with Crippen molar-refractivity contribution in [3.05, 3.63) is 48.3 Å². The Balaban J connectivity index is 1.96. The predicted molar refractivity (Wildman–Crippen MR) is 67.6 cm³/mol. The molecule has 0 bridgehead atoms. The zero-order valence-electron chi connectivity index (χ0n) is 9.18. The third-order valence-electron chi connectivity index (χ3n) is 2.41. The molecule has 1 aromatic carbocycles. The van der Waals surface area contributed by atoms with Crippen molar-refractivity contribution < 1.29 is 0 Å². The first-order valence-corrected chi connectivity index (χ1v) is 6.23. The van der Waals surface area contributed by atoms with Crippen LogP contribution >= 0.6 is 11.8 Å². The molecule has 0 saturated carbocycles. The molecule has 2 aromatic rings. The second-order valence-electron chi connectivity index (χ2n) is 3.46. The number of nitrogens with zero attached hydrogens (tertiary/aromatic N) is 1. The van der Waals surface area contributed by atoms with Gasteiger partial charge in [0.1, 0.15) is 0 Å². The quantitative estimate of drug-likeness (QED) is 0.779. The third-order valence-corrected chi connectivity index (χ3v) is 3.41. The van der Waals surface area contributed by atoms with Crippen LogP contribution < -0.4 is 5.32 Å². The van der Waals surface area contributed by atoms with E-state index in [1.807, 2.05) is 19.3 Å². The summed E-state index contributed by atoms with van der Waals surface area (Å²) in [6.45, 7) is 0. The Hall–Kier alpha value is -1.26. The molecule has 84 valence electrons. The molecule has 4 heteroatoms. The fraction of sp³-hybridized carbons (Fsp3) is 0.250. The highest BCUT2D eigenvalue weighted by molar-refractivity contribution is 7.99. The van der Waals surface area contributed by atoms with Crippen LogP contribution in [0.4, 0.5) is 0 Å². The zero-order chi connectivity index (χ0) is 11.2. The maximum atomic E-state index is 4.20. The SMILES string of the molecule is CNC(CSc1ncc[nH]1)c1ccccc1. The van der Waals surface area contributed by atoms with Gasteiger partial charge in [-0.1, -0.05) is 42.1 Å². The Labute approximate surface area is 99.7 Å². The van der Waals surface area contributed by atoms with Crippen LogP contribution in [-0.2, 0) is 0 Å². The molecule has 2 N–H and O–H groups in total. The number of hydrogen-bond acceptors (Lipinski definition) is 3. The van der Waals surface area contributed by atoms with E-state index in [1.165, 1.54) is 5.56 Å². The van der Waals surface area contributed by atoms with E-state index in [9.17, 15) is 0 Å². The maximum Gasteiger partial charge on any atom is 0.165 e. The van der Waals surface area contributed by atoms with E-state index in [0.29, 0.717) is 6.04 Å². The average Bonchev–Trinajstić information content (AvgIpc) is 2.84. The zero-order valence-corrected chi connectivity index (χ0v) is 10.00. The first-order valence-electron chi connectivity index (χ1n) is 5.24. The van der Waals surface area contributed by atoms with Crippen LogP contribution in [0.3, 0.4) is 0 Å². The number of benzene rings is 1. The van der Waals surface area contributed by atoms with Gasteiger partial charge in [0.15, 0.2) is 5.16 Å². The van der Waals surface area contributed by atoms with Gasteiger partial charge in [-0.15, -0.1) is 0 Å². The molecule has 1 heterocycles. The molecule has 0 aliphatic rings. The normalized spacial score (nSPS) is 12.6. The van der Waals surface area contributed by atoms with Gasteiger partial charge >= 0.3 is 0 Å².